The minimum absolute atomic E-state index is 0.0319. The van der Waals surface area contributed by atoms with Crippen LogP contribution < -0.4 is 0 Å². The summed E-state index contributed by atoms with van der Waals surface area (Å²) < 4.78 is 0. The molecule has 1 unspecified atom stereocenters. The minimum Gasteiger partial charge on any atom is -0.291 e. The number of carbonyl (C=O) groups is 2. The van der Waals surface area contributed by atoms with Gasteiger partial charge in [0.1, 0.15) is 0 Å². The van der Waals surface area contributed by atoms with Gasteiger partial charge in [-0.1, -0.05) is 26.2 Å². The summed E-state index contributed by atoms with van der Waals surface area (Å²) in [4.78, 5) is 22.5. The van der Waals surface area contributed by atoms with Gasteiger partial charge in [0.05, 0.1) is 0 Å². The van der Waals surface area contributed by atoms with Gasteiger partial charge in [-0.05, 0) is 12.8 Å². The maximum atomic E-state index is 11.3. The van der Waals surface area contributed by atoms with Crippen molar-refractivity contribution < 1.29 is 9.59 Å². The second-order valence-electron chi connectivity index (χ2n) is 3.64. The third kappa shape index (κ3) is 2.43. The Kier molecular flexibility index (Phi) is 3.45. The van der Waals surface area contributed by atoms with Crippen molar-refractivity contribution in [3.63, 3.8) is 0 Å². The second kappa shape index (κ2) is 4.39. The molecular weight excluding hydrogens is 152 g/mol. The molecule has 0 N–H and O–H groups in total. The first-order valence-corrected chi connectivity index (χ1v) is 4.79. The van der Waals surface area contributed by atoms with Crippen LogP contribution in [0.4, 0.5) is 0 Å². The lowest BCUT2D eigenvalue weighted by atomic mass is 9.97. The molecule has 0 aliphatic heterocycles. The highest BCUT2D eigenvalue weighted by atomic mass is 16.2. The van der Waals surface area contributed by atoms with Gasteiger partial charge in [0.25, 0.3) is 0 Å². The molecule has 1 atom stereocenters. The largest absolute Gasteiger partial charge is 0.291 e. The lowest BCUT2D eigenvalue weighted by molar-refractivity contribution is -0.138. The van der Waals surface area contributed by atoms with E-state index in [1.165, 1.54) is 6.42 Å². The standard InChI is InChI=1S/C10H16O2/c1-8-6-4-2-3-5-7-9(11)10(8)12/h8H,2-7H2,1H3. The van der Waals surface area contributed by atoms with Crippen LogP contribution in [0.15, 0.2) is 0 Å². The number of Topliss-reactive ketones (excluding diaryl/α,β-unsaturated/α-hetero) is 2. The summed E-state index contributed by atoms with van der Waals surface area (Å²) in [5.41, 5.74) is 0. The predicted molar refractivity (Wildman–Crippen MR) is 46.9 cm³/mol. The molecule has 2 nitrogen and oxygen atoms in total. The van der Waals surface area contributed by atoms with E-state index >= 15 is 0 Å². The SMILES string of the molecule is CC1CCCCCCC(=O)C1=O. The Bertz CT molecular complexity index is 184. The molecule has 1 aliphatic rings. The van der Waals surface area contributed by atoms with Crippen LogP contribution in [0.1, 0.15) is 45.4 Å². The Morgan fingerprint density at radius 3 is 2.50 bits per heavy atom. The molecule has 0 radical (unpaired) electrons. The van der Waals surface area contributed by atoms with Gasteiger partial charge in [0.2, 0.25) is 5.78 Å². The molecule has 0 aromatic rings. The van der Waals surface area contributed by atoms with Crippen LogP contribution in [-0.4, -0.2) is 11.6 Å². The zero-order chi connectivity index (χ0) is 8.97. The molecule has 68 valence electrons. The molecule has 0 amide bonds. The Hall–Kier alpha value is -0.660. The van der Waals surface area contributed by atoms with E-state index < -0.39 is 0 Å². The van der Waals surface area contributed by atoms with Crippen molar-refractivity contribution >= 4 is 11.6 Å². The van der Waals surface area contributed by atoms with Crippen LogP contribution in [0.2, 0.25) is 0 Å². The predicted octanol–water partition coefficient (Wildman–Crippen LogP) is 2.11. The van der Waals surface area contributed by atoms with Crippen molar-refractivity contribution in [1.82, 2.24) is 0 Å². The summed E-state index contributed by atoms with van der Waals surface area (Å²) in [6.45, 7) is 1.87. The van der Waals surface area contributed by atoms with E-state index in [2.05, 4.69) is 0 Å². The normalized spacial score (nSPS) is 27.6. The molecule has 0 saturated heterocycles. The van der Waals surface area contributed by atoms with Crippen molar-refractivity contribution in [2.45, 2.75) is 45.4 Å². The van der Waals surface area contributed by atoms with Crippen LogP contribution in [0.5, 0.6) is 0 Å². The lowest BCUT2D eigenvalue weighted by Crippen LogP contribution is -2.20. The van der Waals surface area contributed by atoms with Gasteiger partial charge in [0.15, 0.2) is 5.78 Å². The minimum atomic E-state index is -0.149. The van der Waals surface area contributed by atoms with Gasteiger partial charge in [-0.15, -0.1) is 0 Å². The first-order valence-electron chi connectivity index (χ1n) is 4.79. The fourth-order valence-corrected chi connectivity index (χ4v) is 1.62. The molecule has 1 aliphatic carbocycles. The van der Waals surface area contributed by atoms with Crippen LogP contribution in [0.25, 0.3) is 0 Å². The summed E-state index contributed by atoms with van der Waals surface area (Å²) in [5.74, 6) is -0.322. The summed E-state index contributed by atoms with van der Waals surface area (Å²) >= 11 is 0. The molecule has 1 rings (SSSR count). The first kappa shape index (κ1) is 9.43. The number of ketones is 2. The number of hydrogen-bond acceptors (Lipinski definition) is 2. The Morgan fingerprint density at radius 2 is 1.75 bits per heavy atom. The highest BCUT2D eigenvalue weighted by molar-refractivity contribution is 6.37. The Morgan fingerprint density at radius 1 is 1.08 bits per heavy atom. The van der Waals surface area contributed by atoms with Crippen LogP contribution in [0.3, 0.4) is 0 Å². The van der Waals surface area contributed by atoms with Gasteiger partial charge in [0, 0.05) is 12.3 Å². The van der Waals surface area contributed by atoms with Gasteiger partial charge in [-0.25, -0.2) is 0 Å². The summed E-state index contributed by atoms with van der Waals surface area (Å²) in [5, 5.41) is 0. The van der Waals surface area contributed by atoms with Crippen LogP contribution in [0, 0.1) is 5.92 Å². The summed E-state index contributed by atoms with van der Waals surface area (Å²) in [6, 6.07) is 0. The zero-order valence-electron chi connectivity index (χ0n) is 7.64. The van der Waals surface area contributed by atoms with E-state index in [1.54, 1.807) is 0 Å². The molecule has 0 bridgehead atoms. The average Bonchev–Trinajstić information content (AvgIpc) is 2.12. The summed E-state index contributed by atoms with van der Waals surface area (Å²) in [7, 11) is 0. The van der Waals surface area contributed by atoms with Crippen molar-refractivity contribution in [2.24, 2.45) is 5.92 Å². The molecule has 1 saturated carbocycles. The number of hydrogen-bond donors (Lipinski definition) is 0. The molecular formula is C10H16O2. The highest BCUT2D eigenvalue weighted by Gasteiger charge is 2.21. The van der Waals surface area contributed by atoms with E-state index in [0.29, 0.717) is 6.42 Å². The van der Waals surface area contributed by atoms with Gasteiger partial charge in [-0.2, -0.15) is 0 Å². The van der Waals surface area contributed by atoms with Crippen molar-refractivity contribution in [3.05, 3.63) is 0 Å². The quantitative estimate of drug-likeness (QED) is 0.519. The zero-order valence-corrected chi connectivity index (χ0v) is 7.64. The van der Waals surface area contributed by atoms with Crippen molar-refractivity contribution in [1.29, 1.82) is 0 Å². The maximum Gasteiger partial charge on any atom is 0.201 e. The fraction of sp³-hybridized carbons (Fsp3) is 0.800. The smallest absolute Gasteiger partial charge is 0.201 e. The van der Waals surface area contributed by atoms with Crippen LogP contribution >= 0.6 is 0 Å². The van der Waals surface area contributed by atoms with E-state index in [9.17, 15) is 9.59 Å². The topological polar surface area (TPSA) is 34.1 Å². The van der Waals surface area contributed by atoms with E-state index in [0.717, 1.165) is 25.7 Å². The Balaban J connectivity index is 2.56. The molecule has 1 fully saturated rings. The fourth-order valence-electron chi connectivity index (χ4n) is 1.62. The monoisotopic (exact) mass is 168 g/mol. The van der Waals surface area contributed by atoms with E-state index in [1.807, 2.05) is 6.92 Å². The number of rotatable bonds is 0. The first-order chi connectivity index (χ1) is 5.72. The highest BCUT2D eigenvalue weighted by Crippen LogP contribution is 2.16. The van der Waals surface area contributed by atoms with Gasteiger partial charge in [-0.3, -0.25) is 9.59 Å². The number of carbonyl (C=O) groups excluding carboxylic acids is 2. The second-order valence-corrected chi connectivity index (χ2v) is 3.64. The van der Waals surface area contributed by atoms with Gasteiger partial charge < -0.3 is 0 Å². The molecule has 0 heterocycles. The van der Waals surface area contributed by atoms with E-state index in [-0.39, 0.29) is 17.5 Å². The average molecular weight is 168 g/mol. The molecule has 0 aromatic heterocycles. The van der Waals surface area contributed by atoms with Crippen molar-refractivity contribution in [3.8, 4) is 0 Å². The van der Waals surface area contributed by atoms with Crippen molar-refractivity contribution in [2.75, 3.05) is 0 Å². The van der Waals surface area contributed by atoms with Gasteiger partial charge >= 0.3 is 0 Å². The maximum absolute atomic E-state index is 11.3. The molecule has 0 aromatic carbocycles. The van der Waals surface area contributed by atoms with E-state index in [4.69, 9.17) is 0 Å². The summed E-state index contributed by atoms with van der Waals surface area (Å²) in [6.07, 6.45) is 5.64. The van der Waals surface area contributed by atoms with Crippen LogP contribution in [-0.2, 0) is 9.59 Å². The molecule has 12 heavy (non-hydrogen) atoms. The molecule has 0 spiro atoms. The lowest BCUT2D eigenvalue weighted by Gasteiger charge is -2.05. The third-order valence-electron chi connectivity index (χ3n) is 2.51. The molecule has 2 heteroatoms. The Labute approximate surface area is 73.3 Å². The third-order valence-corrected chi connectivity index (χ3v) is 2.51.